The van der Waals surface area contributed by atoms with E-state index in [9.17, 15) is 4.79 Å². The molecule has 0 fully saturated rings. The number of rotatable bonds is 8. The highest BCUT2D eigenvalue weighted by Gasteiger charge is 2.04. The molecule has 0 unspecified atom stereocenters. The number of halogens is 1. The second-order valence-corrected chi connectivity index (χ2v) is 5.20. The van der Waals surface area contributed by atoms with Crippen molar-refractivity contribution in [2.24, 2.45) is 5.10 Å². The van der Waals surface area contributed by atoms with Gasteiger partial charge < -0.3 is 0 Å². The minimum atomic E-state index is -0.0194. The van der Waals surface area contributed by atoms with E-state index in [2.05, 4.69) is 17.5 Å². The Balaban J connectivity index is 2.51. The van der Waals surface area contributed by atoms with E-state index in [0.717, 1.165) is 30.5 Å². The first-order chi connectivity index (χ1) is 9.67. The molecule has 0 atom stereocenters. The molecule has 0 bridgehead atoms. The number of nitrogens with zero attached hydrogens (tertiary/aromatic N) is 1. The van der Waals surface area contributed by atoms with Crippen molar-refractivity contribution in [3.8, 4) is 0 Å². The van der Waals surface area contributed by atoms with Gasteiger partial charge in [0.25, 0.3) is 0 Å². The standard InChI is InChI=1S/C16H23ClN2O/c1-3-5-6-7-11-16(20)19-18-15(4-2)13-9-8-10-14(17)12-13/h8-10,12H,3-7,11H2,1-2H3,(H,19,20)/b18-15+. The number of nitrogens with one attached hydrogen (secondary N) is 1. The van der Waals surface area contributed by atoms with Crippen LogP contribution in [0.2, 0.25) is 5.02 Å². The average Bonchev–Trinajstić information content (AvgIpc) is 2.44. The van der Waals surface area contributed by atoms with Gasteiger partial charge in [0.15, 0.2) is 0 Å². The van der Waals surface area contributed by atoms with E-state index < -0.39 is 0 Å². The van der Waals surface area contributed by atoms with E-state index in [1.807, 2.05) is 31.2 Å². The first-order valence-electron chi connectivity index (χ1n) is 7.28. The molecule has 3 nitrogen and oxygen atoms in total. The Morgan fingerprint density at radius 1 is 1.25 bits per heavy atom. The first-order valence-corrected chi connectivity index (χ1v) is 7.66. The molecule has 0 heterocycles. The minimum absolute atomic E-state index is 0.0194. The van der Waals surface area contributed by atoms with Crippen molar-refractivity contribution in [3.05, 3.63) is 34.9 Å². The molecule has 0 radical (unpaired) electrons. The highest BCUT2D eigenvalue weighted by Crippen LogP contribution is 2.12. The molecule has 0 aliphatic heterocycles. The molecule has 1 N–H and O–H groups in total. The van der Waals surface area contributed by atoms with Crippen LogP contribution in [-0.4, -0.2) is 11.6 Å². The monoisotopic (exact) mass is 294 g/mol. The number of amides is 1. The molecule has 1 aromatic rings. The second kappa shape index (κ2) is 9.54. The van der Waals surface area contributed by atoms with Crippen LogP contribution in [0, 0.1) is 0 Å². The quantitative estimate of drug-likeness (QED) is 0.427. The maximum absolute atomic E-state index is 11.7. The lowest BCUT2D eigenvalue weighted by molar-refractivity contribution is -0.121. The third kappa shape index (κ3) is 6.20. The Morgan fingerprint density at radius 2 is 2.05 bits per heavy atom. The van der Waals surface area contributed by atoms with Crippen molar-refractivity contribution in [2.45, 2.75) is 52.4 Å². The normalized spacial score (nSPS) is 11.4. The number of unbranched alkanes of at least 4 members (excludes halogenated alkanes) is 3. The summed E-state index contributed by atoms with van der Waals surface area (Å²) < 4.78 is 0. The highest BCUT2D eigenvalue weighted by molar-refractivity contribution is 6.31. The van der Waals surface area contributed by atoms with Gasteiger partial charge in [0.05, 0.1) is 5.71 Å². The summed E-state index contributed by atoms with van der Waals surface area (Å²) in [6.45, 7) is 4.16. The maximum atomic E-state index is 11.7. The third-order valence-corrected chi connectivity index (χ3v) is 3.30. The molecule has 0 aliphatic carbocycles. The summed E-state index contributed by atoms with van der Waals surface area (Å²) in [6, 6.07) is 7.51. The van der Waals surface area contributed by atoms with E-state index >= 15 is 0 Å². The highest BCUT2D eigenvalue weighted by atomic mass is 35.5. The molecular weight excluding hydrogens is 272 g/mol. The van der Waals surface area contributed by atoms with E-state index in [1.165, 1.54) is 12.8 Å². The summed E-state index contributed by atoms with van der Waals surface area (Å²) in [7, 11) is 0. The Kier molecular flexibility index (Phi) is 7.97. The zero-order valence-corrected chi connectivity index (χ0v) is 13.0. The molecule has 4 heteroatoms. The van der Waals surface area contributed by atoms with Crippen molar-refractivity contribution in [3.63, 3.8) is 0 Å². The summed E-state index contributed by atoms with van der Waals surface area (Å²) in [5, 5.41) is 4.89. The largest absolute Gasteiger partial charge is 0.273 e. The summed E-state index contributed by atoms with van der Waals surface area (Å²) in [4.78, 5) is 11.7. The second-order valence-electron chi connectivity index (χ2n) is 4.77. The third-order valence-electron chi connectivity index (χ3n) is 3.07. The van der Waals surface area contributed by atoms with Gasteiger partial charge in [0.1, 0.15) is 0 Å². The summed E-state index contributed by atoms with van der Waals surface area (Å²) >= 11 is 5.96. The van der Waals surface area contributed by atoms with Crippen LogP contribution in [0.3, 0.4) is 0 Å². The van der Waals surface area contributed by atoms with Crippen molar-refractivity contribution >= 4 is 23.2 Å². The average molecular weight is 295 g/mol. The number of benzene rings is 1. The van der Waals surface area contributed by atoms with Crippen molar-refractivity contribution < 1.29 is 4.79 Å². The minimum Gasteiger partial charge on any atom is -0.273 e. The molecule has 1 amide bonds. The zero-order valence-electron chi connectivity index (χ0n) is 12.3. The van der Waals surface area contributed by atoms with Gasteiger partial charge in [-0.1, -0.05) is 56.8 Å². The molecular formula is C16H23ClN2O. The van der Waals surface area contributed by atoms with Crippen LogP contribution in [0.5, 0.6) is 0 Å². The molecule has 110 valence electrons. The smallest absolute Gasteiger partial charge is 0.240 e. The van der Waals surface area contributed by atoms with E-state index in [4.69, 9.17) is 11.6 Å². The number of hydrogen-bond acceptors (Lipinski definition) is 2. The summed E-state index contributed by atoms with van der Waals surface area (Å²) in [5.41, 5.74) is 4.43. The fraction of sp³-hybridized carbons (Fsp3) is 0.500. The van der Waals surface area contributed by atoms with E-state index in [-0.39, 0.29) is 5.91 Å². The predicted molar refractivity (Wildman–Crippen MR) is 85.2 cm³/mol. The van der Waals surface area contributed by atoms with Gasteiger partial charge in [-0.3, -0.25) is 4.79 Å². The topological polar surface area (TPSA) is 41.5 Å². The number of carbonyl (C=O) groups is 1. The van der Waals surface area contributed by atoms with Gasteiger partial charge in [0.2, 0.25) is 5.91 Å². The number of carbonyl (C=O) groups excluding carboxylic acids is 1. The van der Waals surface area contributed by atoms with Crippen LogP contribution < -0.4 is 5.43 Å². The number of hydrogen-bond donors (Lipinski definition) is 1. The fourth-order valence-corrected chi connectivity index (χ4v) is 2.10. The van der Waals surface area contributed by atoms with Gasteiger partial charge >= 0.3 is 0 Å². The lowest BCUT2D eigenvalue weighted by atomic mass is 10.1. The van der Waals surface area contributed by atoms with Crippen LogP contribution in [0.1, 0.15) is 57.9 Å². The Labute approximate surface area is 126 Å². The molecule has 1 aromatic carbocycles. The predicted octanol–water partition coefficient (Wildman–Crippen LogP) is 4.54. The van der Waals surface area contributed by atoms with Crippen LogP contribution in [0.4, 0.5) is 0 Å². The lowest BCUT2D eigenvalue weighted by Crippen LogP contribution is -2.19. The fourth-order valence-electron chi connectivity index (χ4n) is 1.91. The van der Waals surface area contributed by atoms with E-state index in [0.29, 0.717) is 11.4 Å². The molecule has 0 saturated heterocycles. The Morgan fingerprint density at radius 3 is 2.70 bits per heavy atom. The van der Waals surface area contributed by atoms with Crippen LogP contribution in [-0.2, 0) is 4.79 Å². The molecule has 20 heavy (non-hydrogen) atoms. The first kappa shape index (κ1) is 16.7. The Bertz CT molecular complexity index is 458. The molecule has 0 saturated carbocycles. The molecule has 0 spiro atoms. The SMILES string of the molecule is CCCCCCC(=O)N/N=C(\CC)c1cccc(Cl)c1. The van der Waals surface area contributed by atoms with Crippen LogP contribution in [0.15, 0.2) is 29.4 Å². The van der Waals surface area contributed by atoms with Gasteiger partial charge in [-0.2, -0.15) is 5.10 Å². The van der Waals surface area contributed by atoms with E-state index in [1.54, 1.807) is 0 Å². The van der Waals surface area contributed by atoms with Crippen LogP contribution >= 0.6 is 11.6 Å². The van der Waals surface area contributed by atoms with Crippen molar-refractivity contribution in [1.29, 1.82) is 0 Å². The van der Waals surface area contributed by atoms with Gasteiger partial charge in [-0.25, -0.2) is 5.43 Å². The number of hydrazone groups is 1. The van der Waals surface area contributed by atoms with Gasteiger partial charge in [-0.15, -0.1) is 0 Å². The zero-order chi connectivity index (χ0) is 14.8. The van der Waals surface area contributed by atoms with Gasteiger partial charge in [0, 0.05) is 11.4 Å². The van der Waals surface area contributed by atoms with Crippen molar-refractivity contribution in [2.75, 3.05) is 0 Å². The molecule has 1 rings (SSSR count). The summed E-state index contributed by atoms with van der Waals surface area (Å²) in [6.07, 6.45) is 5.66. The summed E-state index contributed by atoms with van der Waals surface area (Å²) in [5.74, 6) is -0.0194. The van der Waals surface area contributed by atoms with Gasteiger partial charge in [-0.05, 0) is 30.5 Å². The van der Waals surface area contributed by atoms with Crippen molar-refractivity contribution in [1.82, 2.24) is 5.43 Å². The molecule has 0 aromatic heterocycles. The molecule has 0 aliphatic rings. The Hall–Kier alpha value is -1.35. The lowest BCUT2D eigenvalue weighted by Gasteiger charge is -2.05. The maximum Gasteiger partial charge on any atom is 0.240 e. The van der Waals surface area contributed by atoms with Crippen LogP contribution in [0.25, 0.3) is 0 Å².